The van der Waals surface area contributed by atoms with Crippen LogP contribution in [0.5, 0.6) is 0 Å². The summed E-state index contributed by atoms with van der Waals surface area (Å²) in [5, 5.41) is 0.458. The highest BCUT2D eigenvalue weighted by atomic mass is 35.5. The van der Waals surface area contributed by atoms with Crippen molar-refractivity contribution in [3.8, 4) is 0 Å². The Morgan fingerprint density at radius 1 is 1.21 bits per heavy atom. The molecule has 0 bridgehead atoms. The van der Waals surface area contributed by atoms with Crippen LogP contribution < -0.4 is 4.90 Å². The number of nitrogens with zero attached hydrogens (tertiary/aromatic N) is 2. The van der Waals surface area contributed by atoms with Gasteiger partial charge >= 0.3 is 0 Å². The Labute approximate surface area is 150 Å². The van der Waals surface area contributed by atoms with Crippen LogP contribution in [0.15, 0.2) is 30.4 Å². The number of rotatable bonds is 5. The standard InChI is InChI=1S/C20H28ClFN2/c1-3-16(17-5-4-15(2)12-17)14-23-8-10-24(11-9-23)20-7-6-18(21)13-19(20)22/h4-7,13,15-17H,3,8-12,14H2,1-2H3. The fraction of sp³-hybridized carbons (Fsp3) is 0.600. The molecule has 4 heteroatoms. The van der Waals surface area contributed by atoms with Crippen LogP contribution in [0.25, 0.3) is 0 Å². The van der Waals surface area contributed by atoms with Gasteiger partial charge in [-0.05, 0) is 42.4 Å². The van der Waals surface area contributed by atoms with E-state index in [0.717, 1.165) is 50.5 Å². The van der Waals surface area contributed by atoms with E-state index in [2.05, 4.69) is 35.8 Å². The molecule has 1 aliphatic heterocycles. The van der Waals surface area contributed by atoms with E-state index in [1.54, 1.807) is 12.1 Å². The number of benzene rings is 1. The Kier molecular flexibility index (Phi) is 5.83. The summed E-state index contributed by atoms with van der Waals surface area (Å²) in [7, 11) is 0. The minimum absolute atomic E-state index is 0.215. The van der Waals surface area contributed by atoms with Crippen LogP contribution in [0.1, 0.15) is 26.7 Å². The van der Waals surface area contributed by atoms with Crippen molar-refractivity contribution in [3.05, 3.63) is 41.2 Å². The van der Waals surface area contributed by atoms with E-state index in [9.17, 15) is 4.39 Å². The third-order valence-corrected chi connectivity index (χ3v) is 5.81. The van der Waals surface area contributed by atoms with Crippen LogP contribution in [0.3, 0.4) is 0 Å². The third kappa shape index (κ3) is 4.12. The largest absolute Gasteiger partial charge is 0.367 e. The summed E-state index contributed by atoms with van der Waals surface area (Å²) in [4.78, 5) is 4.69. The van der Waals surface area contributed by atoms with Gasteiger partial charge in [0.05, 0.1) is 5.69 Å². The number of halogens is 2. The fourth-order valence-corrected chi connectivity index (χ4v) is 4.24. The SMILES string of the molecule is CCC(CN1CCN(c2ccc(Cl)cc2F)CC1)C1C=CC(C)C1. The highest BCUT2D eigenvalue weighted by molar-refractivity contribution is 6.30. The van der Waals surface area contributed by atoms with Gasteiger partial charge in [0.25, 0.3) is 0 Å². The molecule has 3 atom stereocenters. The van der Waals surface area contributed by atoms with Crippen molar-refractivity contribution in [2.45, 2.75) is 26.7 Å². The molecule has 1 aliphatic carbocycles. The summed E-state index contributed by atoms with van der Waals surface area (Å²) in [6.07, 6.45) is 7.33. The zero-order valence-corrected chi connectivity index (χ0v) is 15.5. The quantitative estimate of drug-likeness (QED) is 0.701. The second-order valence-corrected chi connectivity index (χ2v) is 7.75. The van der Waals surface area contributed by atoms with E-state index in [1.807, 2.05) is 0 Å². The molecule has 0 saturated carbocycles. The Hall–Kier alpha value is -1.06. The zero-order valence-electron chi connectivity index (χ0n) is 14.7. The number of allylic oxidation sites excluding steroid dienone is 2. The van der Waals surface area contributed by atoms with Crippen LogP contribution in [0, 0.1) is 23.6 Å². The minimum Gasteiger partial charge on any atom is -0.367 e. The predicted octanol–water partition coefficient (Wildman–Crippen LogP) is 4.84. The molecule has 1 saturated heterocycles. The number of hydrogen-bond donors (Lipinski definition) is 0. The van der Waals surface area contributed by atoms with Crippen molar-refractivity contribution in [1.82, 2.24) is 4.90 Å². The van der Waals surface area contributed by atoms with Gasteiger partial charge in [0.15, 0.2) is 0 Å². The number of hydrogen-bond acceptors (Lipinski definition) is 2. The summed E-state index contributed by atoms with van der Waals surface area (Å²) in [6.45, 7) is 9.55. The topological polar surface area (TPSA) is 6.48 Å². The maximum atomic E-state index is 14.1. The van der Waals surface area contributed by atoms with Gasteiger partial charge in [-0.15, -0.1) is 0 Å². The van der Waals surface area contributed by atoms with Crippen LogP contribution in [-0.2, 0) is 0 Å². The molecule has 24 heavy (non-hydrogen) atoms. The lowest BCUT2D eigenvalue weighted by Crippen LogP contribution is -2.48. The molecule has 1 aromatic carbocycles. The Morgan fingerprint density at radius 2 is 1.96 bits per heavy atom. The predicted molar refractivity (Wildman–Crippen MR) is 100 cm³/mol. The summed E-state index contributed by atoms with van der Waals surface area (Å²) in [6, 6.07) is 4.98. The first-order chi connectivity index (χ1) is 11.6. The Bertz CT molecular complexity index is 581. The second kappa shape index (κ2) is 7.88. The summed E-state index contributed by atoms with van der Waals surface area (Å²) < 4.78 is 14.1. The monoisotopic (exact) mass is 350 g/mol. The molecular formula is C20H28ClFN2. The van der Waals surface area contributed by atoms with E-state index in [1.165, 1.54) is 18.9 Å². The van der Waals surface area contributed by atoms with E-state index in [4.69, 9.17) is 11.6 Å². The number of piperazine rings is 1. The van der Waals surface area contributed by atoms with Crippen LogP contribution in [0.2, 0.25) is 5.02 Å². The lowest BCUT2D eigenvalue weighted by Gasteiger charge is -2.38. The highest BCUT2D eigenvalue weighted by Crippen LogP contribution is 2.32. The first-order valence-electron chi connectivity index (χ1n) is 9.17. The zero-order chi connectivity index (χ0) is 17.1. The number of anilines is 1. The Morgan fingerprint density at radius 3 is 2.54 bits per heavy atom. The molecule has 0 N–H and O–H groups in total. The van der Waals surface area contributed by atoms with E-state index in [0.29, 0.717) is 10.7 Å². The van der Waals surface area contributed by atoms with Gasteiger partial charge in [0.1, 0.15) is 5.82 Å². The van der Waals surface area contributed by atoms with Gasteiger partial charge in [0, 0.05) is 37.7 Å². The van der Waals surface area contributed by atoms with Gasteiger partial charge in [-0.1, -0.05) is 44.0 Å². The molecule has 0 aromatic heterocycles. The average molecular weight is 351 g/mol. The van der Waals surface area contributed by atoms with Crippen molar-refractivity contribution in [2.24, 2.45) is 17.8 Å². The molecular weight excluding hydrogens is 323 g/mol. The molecule has 1 heterocycles. The normalized spacial score (nSPS) is 26.1. The van der Waals surface area contributed by atoms with Crippen molar-refractivity contribution in [3.63, 3.8) is 0 Å². The fourth-order valence-electron chi connectivity index (χ4n) is 4.08. The molecule has 1 fully saturated rings. The molecule has 0 radical (unpaired) electrons. The summed E-state index contributed by atoms with van der Waals surface area (Å²) in [5.41, 5.74) is 0.679. The lowest BCUT2D eigenvalue weighted by molar-refractivity contribution is 0.188. The molecule has 3 rings (SSSR count). The molecule has 2 aliphatic rings. The minimum atomic E-state index is -0.215. The van der Waals surface area contributed by atoms with Crippen LogP contribution >= 0.6 is 11.6 Å². The van der Waals surface area contributed by atoms with E-state index < -0.39 is 0 Å². The summed E-state index contributed by atoms with van der Waals surface area (Å²) >= 11 is 5.85. The highest BCUT2D eigenvalue weighted by Gasteiger charge is 2.27. The van der Waals surface area contributed by atoms with Crippen LogP contribution in [0.4, 0.5) is 10.1 Å². The van der Waals surface area contributed by atoms with Gasteiger partial charge in [0.2, 0.25) is 0 Å². The molecule has 0 spiro atoms. The van der Waals surface area contributed by atoms with Gasteiger partial charge in [-0.3, -0.25) is 4.90 Å². The van der Waals surface area contributed by atoms with Crippen molar-refractivity contribution >= 4 is 17.3 Å². The lowest BCUT2D eigenvalue weighted by atomic mass is 9.87. The van der Waals surface area contributed by atoms with Gasteiger partial charge in [-0.2, -0.15) is 0 Å². The van der Waals surface area contributed by atoms with Crippen molar-refractivity contribution in [1.29, 1.82) is 0 Å². The third-order valence-electron chi connectivity index (χ3n) is 5.58. The molecule has 0 amide bonds. The van der Waals surface area contributed by atoms with Gasteiger partial charge in [-0.25, -0.2) is 4.39 Å². The molecule has 1 aromatic rings. The first kappa shape index (κ1) is 17.8. The van der Waals surface area contributed by atoms with Crippen molar-refractivity contribution in [2.75, 3.05) is 37.6 Å². The first-order valence-corrected chi connectivity index (χ1v) is 9.55. The second-order valence-electron chi connectivity index (χ2n) is 7.31. The summed E-state index contributed by atoms with van der Waals surface area (Å²) in [5.74, 6) is 1.99. The Balaban J connectivity index is 1.54. The maximum absolute atomic E-state index is 14.1. The molecule has 2 nitrogen and oxygen atoms in total. The van der Waals surface area contributed by atoms with Crippen LogP contribution in [-0.4, -0.2) is 37.6 Å². The smallest absolute Gasteiger partial charge is 0.147 e. The molecule has 132 valence electrons. The maximum Gasteiger partial charge on any atom is 0.147 e. The molecule has 3 unspecified atom stereocenters. The van der Waals surface area contributed by atoms with E-state index >= 15 is 0 Å². The van der Waals surface area contributed by atoms with E-state index in [-0.39, 0.29) is 5.82 Å². The van der Waals surface area contributed by atoms with Crippen molar-refractivity contribution < 1.29 is 4.39 Å². The average Bonchev–Trinajstić information content (AvgIpc) is 3.00. The van der Waals surface area contributed by atoms with Gasteiger partial charge < -0.3 is 4.90 Å².